The van der Waals surface area contributed by atoms with Crippen molar-refractivity contribution < 1.29 is 9.53 Å². The number of hydrogen-bond acceptors (Lipinski definition) is 2. The zero-order valence-electron chi connectivity index (χ0n) is 16.7. The first-order valence-electron chi connectivity index (χ1n) is 10.3. The Morgan fingerprint density at radius 2 is 1.88 bits per heavy atom. The van der Waals surface area contributed by atoms with E-state index < -0.39 is 0 Å². The Kier molecular flexibility index (Phi) is 3.98. The second-order valence-electron chi connectivity index (χ2n) is 9.78. The Balaban J connectivity index is 1.58. The normalized spacial score (nSPS) is 46.0. The topological polar surface area (TPSA) is 26.3 Å². The average molecular weight is 343 g/mol. The summed E-state index contributed by atoms with van der Waals surface area (Å²) in [5, 5.41) is 0. The molecule has 0 heterocycles. The number of hydrogen-bond donors (Lipinski definition) is 0. The molecule has 4 rings (SSSR count). The lowest BCUT2D eigenvalue weighted by atomic mass is 9.46. The van der Waals surface area contributed by atoms with Crippen LogP contribution in [-0.2, 0) is 9.53 Å². The first kappa shape index (κ1) is 17.4. The molecule has 2 nitrogen and oxygen atoms in total. The molecule has 3 saturated carbocycles. The predicted molar refractivity (Wildman–Crippen MR) is 101 cm³/mol. The van der Waals surface area contributed by atoms with Crippen molar-refractivity contribution in [2.45, 2.75) is 85.7 Å². The summed E-state index contributed by atoms with van der Waals surface area (Å²) in [6.45, 7) is 11.3. The van der Waals surface area contributed by atoms with Crippen LogP contribution in [0.5, 0.6) is 0 Å². The van der Waals surface area contributed by atoms with Gasteiger partial charge in [-0.2, -0.15) is 0 Å². The van der Waals surface area contributed by atoms with E-state index in [0.29, 0.717) is 10.8 Å². The Morgan fingerprint density at radius 1 is 1.12 bits per heavy atom. The Labute approximate surface area is 153 Å². The molecule has 2 heteroatoms. The third-order valence-corrected chi connectivity index (χ3v) is 8.76. The monoisotopic (exact) mass is 342 g/mol. The first-order valence-corrected chi connectivity index (χ1v) is 10.3. The molecule has 138 valence electrons. The van der Waals surface area contributed by atoms with Crippen LogP contribution in [0.2, 0.25) is 0 Å². The number of esters is 1. The molecule has 0 aromatic rings. The summed E-state index contributed by atoms with van der Waals surface area (Å²) in [5.74, 6) is 2.22. The number of carbonyl (C=O) groups excluding carboxylic acids is 1. The summed E-state index contributed by atoms with van der Waals surface area (Å²) in [7, 11) is 0. The molecule has 4 aliphatic carbocycles. The van der Waals surface area contributed by atoms with Crippen molar-refractivity contribution in [1.29, 1.82) is 0 Å². The minimum Gasteiger partial charge on any atom is -0.463 e. The molecule has 0 saturated heterocycles. The molecule has 3 fully saturated rings. The van der Waals surface area contributed by atoms with Crippen LogP contribution in [-0.4, -0.2) is 12.1 Å². The number of ether oxygens (including phenoxy) is 1. The molecular formula is C23H34O2. The fourth-order valence-electron chi connectivity index (χ4n) is 7.05. The molecule has 0 aromatic heterocycles. The molecular weight excluding hydrogens is 308 g/mol. The van der Waals surface area contributed by atoms with Gasteiger partial charge in [-0.15, -0.1) is 0 Å². The summed E-state index contributed by atoms with van der Waals surface area (Å²) in [4.78, 5) is 11.4. The van der Waals surface area contributed by atoms with Crippen molar-refractivity contribution >= 4 is 5.97 Å². The molecule has 0 bridgehead atoms. The van der Waals surface area contributed by atoms with E-state index in [1.807, 2.05) is 0 Å². The van der Waals surface area contributed by atoms with Crippen LogP contribution in [0.4, 0.5) is 0 Å². The Morgan fingerprint density at radius 3 is 2.60 bits per heavy atom. The third kappa shape index (κ3) is 2.46. The van der Waals surface area contributed by atoms with Crippen molar-refractivity contribution in [1.82, 2.24) is 0 Å². The highest BCUT2D eigenvalue weighted by Crippen LogP contribution is 2.65. The number of allylic oxidation sites excluding steroid dienone is 4. The predicted octanol–water partition coefficient (Wildman–Crippen LogP) is 5.83. The van der Waals surface area contributed by atoms with Gasteiger partial charge in [0.25, 0.3) is 0 Å². The zero-order chi connectivity index (χ0) is 18.0. The van der Waals surface area contributed by atoms with E-state index in [1.54, 1.807) is 18.1 Å². The van der Waals surface area contributed by atoms with E-state index in [9.17, 15) is 4.79 Å². The average Bonchev–Trinajstić information content (AvgIpc) is 2.78. The largest absolute Gasteiger partial charge is 0.463 e. The van der Waals surface area contributed by atoms with E-state index in [2.05, 4.69) is 33.8 Å². The maximum atomic E-state index is 11.4. The van der Waals surface area contributed by atoms with Gasteiger partial charge in [0.1, 0.15) is 6.10 Å². The van der Waals surface area contributed by atoms with E-state index in [1.165, 1.54) is 37.7 Å². The van der Waals surface area contributed by atoms with Gasteiger partial charge in [0.15, 0.2) is 0 Å². The van der Waals surface area contributed by atoms with Crippen molar-refractivity contribution in [3.63, 3.8) is 0 Å². The first-order chi connectivity index (χ1) is 11.8. The quantitative estimate of drug-likeness (QED) is 0.561. The van der Waals surface area contributed by atoms with E-state index >= 15 is 0 Å². The molecule has 25 heavy (non-hydrogen) atoms. The van der Waals surface area contributed by atoms with E-state index in [4.69, 9.17) is 4.74 Å². The van der Waals surface area contributed by atoms with Crippen LogP contribution in [0.15, 0.2) is 22.8 Å². The lowest BCUT2D eigenvalue weighted by molar-refractivity contribution is -0.154. The van der Waals surface area contributed by atoms with E-state index in [-0.39, 0.29) is 12.1 Å². The molecule has 0 amide bonds. The van der Waals surface area contributed by atoms with Gasteiger partial charge in [-0.1, -0.05) is 36.6 Å². The highest BCUT2D eigenvalue weighted by Gasteiger charge is 2.56. The smallest absolute Gasteiger partial charge is 0.302 e. The van der Waals surface area contributed by atoms with Crippen LogP contribution < -0.4 is 0 Å². The van der Waals surface area contributed by atoms with Crippen LogP contribution in [0.25, 0.3) is 0 Å². The van der Waals surface area contributed by atoms with Crippen LogP contribution in [0, 0.1) is 28.6 Å². The highest BCUT2D eigenvalue weighted by molar-refractivity contribution is 5.66. The molecule has 0 N–H and O–H groups in total. The van der Waals surface area contributed by atoms with Crippen molar-refractivity contribution in [2.75, 3.05) is 0 Å². The fraction of sp³-hybridized carbons (Fsp3) is 0.783. The SMILES string of the molecule is CC(=O)O[C@H]1CC[C@@]2(C)[C@@H](CC[C@H]3C4=CC(C)=C(C)[C@@]4(C)CC[C@@H]32)C1. The molecule has 0 aliphatic heterocycles. The van der Waals surface area contributed by atoms with Crippen LogP contribution in [0.3, 0.4) is 0 Å². The van der Waals surface area contributed by atoms with Gasteiger partial charge < -0.3 is 4.74 Å². The summed E-state index contributed by atoms with van der Waals surface area (Å²) in [6, 6.07) is 0. The summed E-state index contributed by atoms with van der Waals surface area (Å²) in [6.07, 6.45) is 11.4. The van der Waals surface area contributed by atoms with Crippen molar-refractivity contribution in [2.24, 2.45) is 28.6 Å². The molecule has 0 aromatic carbocycles. The van der Waals surface area contributed by atoms with Crippen LogP contribution >= 0.6 is 0 Å². The minimum atomic E-state index is -0.108. The van der Waals surface area contributed by atoms with Gasteiger partial charge in [0.2, 0.25) is 0 Å². The lowest BCUT2D eigenvalue weighted by Crippen LogP contribution is -2.51. The molecule has 0 unspecified atom stereocenters. The highest BCUT2D eigenvalue weighted by atomic mass is 16.5. The van der Waals surface area contributed by atoms with Gasteiger partial charge in [0.05, 0.1) is 0 Å². The van der Waals surface area contributed by atoms with Gasteiger partial charge in [-0.25, -0.2) is 0 Å². The zero-order valence-corrected chi connectivity index (χ0v) is 16.7. The summed E-state index contributed by atoms with van der Waals surface area (Å²) in [5.41, 5.74) is 5.66. The van der Waals surface area contributed by atoms with Gasteiger partial charge in [-0.3, -0.25) is 4.79 Å². The van der Waals surface area contributed by atoms with Gasteiger partial charge in [-0.05, 0) is 82.0 Å². The number of fused-ring (bicyclic) bond motifs is 5. The second-order valence-corrected chi connectivity index (χ2v) is 9.78. The van der Waals surface area contributed by atoms with Crippen molar-refractivity contribution in [3.8, 4) is 0 Å². The second kappa shape index (κ2) is 5.72. The maximum Gasteiger partial charge on any atom is 0.302 e. The minimum absolute atomic E-state index is 0.108. The Bertz CT molecular complexity index is 657. The molecule has 0 radical (unpaired) electrons. The molecule has 6 atom stereocenters. The fourth-order valence-corrected chi connectivity index (χ4v) is 7.05. The lowest BCUT2D eigenvalue weighted by Gasteiger charge is -2.59. The maximum absolute atomic E-state index is 11.4. The third-order valence-electron chi connectivity index (χ3n) is 8.76. The molecule has 4 aliphatic rings. The van der Waals surface area contributed by atoms with Gasteiger partial charge in [0, 0.05) is 12.3 Å². The number of rotatable bonds is 1. The van der Waals surface area contributed by atoms with Gasteiger partial charge >= 0.3 is 5.97 Å². The summed E-state index contributed by atoms with van der Waals surface area (Å²) < 4.78 is 5.58. The standard InChI is InChI=1S/C23H34O2/c1-14-12-21-19-7-6-17-13-18(25-16(3)24)8-10-23(17,5)20(19)9-11-22(21,4)15(14)2/h12,17-20H,6-11,13H2,1-5H3/t17-,18-,19+,20-,22+,23-/m0/s1. The number of carbonyl (C=O) groups is 1. The Hall–Kier alpha value is -1.05. The van der Waals surface area contributed by atoms with Crippen molar-refractivity contribution in [3.05, 3.63) is 22.8 Å². The van der Waals surface area contributed by atoms with E-state index in [0.717, 1.165) is 30.6 Å². The van der Waals surface area contributed by atoms with Crippen LogP contribution in [0.1, 0.15) is 79.6 Å². The molecule has 0 spiro atoms. The summed E-state index contributed by atoms with van der Waals surface area (Å²) >= 11 is 0.